The molecule has 1 aliphatic heterocycles. The van der Waals surface area contributed by atoms with Crippen molar-refractivity contribution in [2.75, 3.05) is 6.54 Å². The molecule has 0 radical (unpaired) electrons. The van der Waals surface area contributed by atoms with Gasteiger partial charge in [-0.25, -0.2) is 4.39 Å². The molecule has 25 heavy (non-hydrogen) atoms. The van der Waals surface area contributed by atoms with Crippen LogP contribution in [0, 0.1) is 5.82 Å². The highest BCUT2D eigenvalue weighted by molar-refractivity contribution is 8.18. The number of Topliss-reactive ketones (excluding diaryl/α,β-unsaturated/α-hetero) is 1. The fraction of sp³-hybridized carbons (Fsp3) is 0.0556. The molecule has 0 unspecified atom stereocenters. The minimum absolute atomic E-state index is 0.0824. The van der Waals surface area contributed by atoms with Crippen LogP contribution in [0.2, 0.25) is 5.02 Å². The quantitative estimate of drug-likeness (QED) is 0.587. The van der Waals surface area contributed by atoms with Crippen molar-refractivity contribution in [3.05, 3.63) is 75.4 Å². The van der Waals surface area contributed by atoms with Crippen molar-refractivity contribution < 1.29 is 18.8 Å². The predicted molar refractivity (Wildman–Crippen MR) is 94.9 cm³/mol. The van der Waals surface area contributed by atoms with E-state index in [4.69, 9.17) is 11.6 Å². The Hall–Kier alpha value is -2.44. The van der Waals surface area contributed by atoms with E-state index in [0.717, 1.165) is 4.90 Å². The van der Waals surface area contributed by atoms with Crippen molar-refractivity contribution in [1.82, 2.24) is 4.90 Å². The highest BCUT2D eigenvalue weighted by Crippen LogP contribution is 2.32. The Morgan fingerprint density at radius 3 is 2.48 bits per heavy atom. The zero-order chi connectivity index (χ0) is 18.0. The number of halogens is 2. The van der Waals surface area contributed by atoms with Crippen molar-refractivity contribution in [2.45, 2.75) is 0 Å². The number of hydrogen-bond acceptors (Lipinski definition) is 4. The Kier molecular flexibility index (Phi) is 5.01. The maximum Gasteiger partial charge on any atom is 0.293 e. The summed E-state index contributed by atoms with van der Waals surface area (Å²) >= 11 is 6.45. The standard InChI is InChI=1S/C18H11ClFNO3S/c19-13-7-5-11(6-8-13)15(22)10-21-17(23)16(25-18(21)24)9-12-3-1-2-4-14(12)20/h1-9H,10H2/b16-9+. The lowest BCUT2D eigenvalue weighted by Crippen LogP contribution is -2.33. The molecule has 1 fully saturated rings. The molecule has 2 aromatic carbocycles. The van der Waals surface area contributed by atoms with Crippen LogP contribution in [0.25, 0.3) is 6.08 Å². The molecule has 1 aliphatic rings. The van der Waals surface area contributed by atoms with Gasteiger partial charge < -0.3 is 0 Å². The van der Waals surface area contributed by atoms with Gasteiger partial charge in [0.05, 0.1) is 11.4 Å². The highest BCUT2D eigenvalue weighted by atomic mass is 35.5. The molecule has 2 amide bonds. The number of ketones is 1. The Morgan fingerprint density at radius 1 is 1.12 bits per heavy atom. The third kappa shape index (κ3) is 3.81. The summed E-state index contributed by atoms with van der Waals surface area (Å²) in [4.78, 5) is 37.6. The van der Waals surface area contributed by atoms with E-state index < -0.39 is 17.0 Å². The minimum atomic E-state index is -0.611. The molecule has 1 saturated heterocycles. The lowest BCUT2D eigenvalue weighted by atomic mass is 10.1. The SMILES string of the molecule is O=C(CN1C(=O)S/C(=C/c2ccccc2F)C1=O)c1ccc(Cl)cc1. The first-order valence-corrected chi connectivity index (χ1v) is 8.44. The number of thioether (sulfide) groups is 1. The van der Waals surface area contributed by atoms with Crippen LogP contribution in [0.1, 0.15) is 15.9 Å². The molecule has 126 valence electrons. The predicted octanol–water partition coefficient (Wildman–Crippen LogP) is 4.40. The summed E-state index contributed by atoms with van der Waals surface area (Å²) in [6, 6.07) is 12.1. The number of nitrogens with zero attached hydrogens (tertiary/aromatic N) is 1. The Labute approximate surface area is 152 Å². The molecule has 0 bridgehead atoms. The lowest BCUT2D eigenvalue weighted by Gasteiger charge is -2.11. The van der Waals surface area contributed by atoms with Gasteiger partial charge in [0.1, 0.15) is 5.82 Å². The van der Waals surface area contributed by atoms with E-state index >= 15 is 0 Å². The average Bonchev–Trinajstić information content (AvgIpc) is 2.85. The van der Waals surface area contributed by atoms with E-state index in [-0.39, 0.29) is 22.8 Å². The van der Waals surface area contributed by atoms with E-state index in [1.54, 1.807) is 18.2 Å². The van der Waals surface area contributed by atoms with Gasteiger partial charge in [0.15, 0.2) is 5.78 Å². The first-order chi connectivity index (χ1) is 12.0. The van der Waals surface area contributed by atoms with Crippen LogP contribution >= 0.6 is 23.4 Å². The van der Waals surface area contributed by atoms with Gasteiger partial charge in [0, 0.05) is 16.1 Å². The van der Waals surface area contributed by atoms with E-state index in [1.807, 2.05) is 0 Å². The molecule has 1 heterocycles. The second kappa shape index (κ2) is 7.21. The maximum absolute atomic E-state index is 13.7. The van der Waals surface area contributed by atoms with Crippen molar-refractivity contribution in [2.24, 2.45) is 0 Å². The van der Waals surface area contributed by atoms with Crippen molar-refractivity contribution in [3.8, 4) is 0 Å². The summed E-state index contributed by atoms with van der Waals surface area (Å²) in [6.45, 7) is -0.374. The fourth-order valence-corrected chi connectivity index (χ4v) is 3.20. The van der Waals surface area contributed by atoms with Crippen LogP contribution in [-0.2, 0) is 4.79 Å². The summed E-state index contributed by atoms with van der Waals surface area (Å²) < 4.78 is 13.7. The third-order valence-electron chi connectivity index (χ3n) is 3.53. The Bertz CT molecular complexity index is 895. The lowest BCUT2D eigenvalue weighted by molar-refractivity contribution is -0.122. The topological polar surface area (TPSA) is 54.5 Å². The normalized spacial score (nSPS) is 15.9. The molecule has 0 spiro atoms. The first kappa shape index (κ1) is 17.4. The molecule has 0 aliphatic carbocycles. The van der Waals surface area contributed by atoms with Crippen LogP contribution < -0.4 is 0 Å². The average molecular weight is 376 g/mol. The summed E-state index contributed by atoms with van der Waals surface area (Å²) in [5.41, 5.74) is 0.554. The molecular weight excluding hydrogens is 365 g/mol. The molecule has 4 nitrogen and oxygen atoms in total. The van der Waals surface area contributed by atoms with Gasteiger partial charge in [0.25, 0.3) is 11.1 Å². The van der Waals surface area contributed by atoms with Crippen LogP contribution in [0.4, 0.5) is 9.18 Å². The van der Waals surface area contributed by atoms with Gasteiger partial charge in [-0.3, -0.25) is 19.3 Å². The molecule has 7 heteroatoms. The summed E-state index contributed by atoms with van der Waals surface area (Å²) in [6.07, 6.45) is 1.31. The third-order valence-corrected chi connectivity index (χ3v) is 4.69. The van der Waals surface area contributed by atoms with Crippen LogP contribution in [0.3, 0.4) is 0 Å². The number of rotatable bonds is 4. The second-order valence-corrected chi connectivity index (χ2v) is 6.65. The smallest absolute Gasteiger partial charge is 0.292 e. The summed E-state index contributed by atoms with van der Waals surface area (Å²) in [7, 11) is 0. The fourth-order valence-electron chi connectivity index (χ4n) is 2.24. The number of benzene rings is 2. The number of carbonyl (C=O) groups is 3. The van der Waals surface area contributed by atoms with Gasteiger partial charge in [-0.2, -0.15) is 0 Å². The molecular formula is C18H11ClFNO3S. The number of hydrogen-bond donors (Lipinski definition) is 0. The number of amides is 2. The van der Waals surface area contributed by atoms with E-state index in [0.29, 0.717) is 22.3 Å². The molecule has 2 aromatic rings. The Morgan fingerprint density at radius 2 is 1.80 bits per heavy atom. The maximum atomic E-state index is 13.7. The van der Waals surface area contributed by atoms with E-state index in [1.165, 1.54) is 36.4 Å². The van der Waals surface area contributed by atoms with Crippen LogP contribution in [-0.4, -0.2) is 28.4 Å². The molecule has 3 rings (SSSR count). The van der Waals surface area contributed by atoms with Gasteiger partial charge in [-0.1, -0.05) is 29.8 Å². The zero-order valence-corrected chi connectivity index (χ0v) is 14.3. The minimum Gasteiger partial charge on any atom is -0.292 e. The largest absolute Gasteiger partial charge is 0.293 e. The summed E-state index contributed by atoms with van der Waals surface area (Å²) in [5.74, 6) is -1.49. The van der Waals surface area contributed by atoms with Crippen molar-refractivity contribution in [3.63, 3.8) is 0 Å². The molecule has 0 aromatic heterocycles. The number of carbonyl (C=O) groups excluding carboxylic acids is 3. The Balaban J connectivity index is 1.79. The molecule has 0 N–H and O–H groups in total. The summed E-state index contributed by atoms with van der Waals surface area (Å²) in [5, 5.41) is -0.0783. The van der Waals surface area contributed by atoms with Gasteiger partial charge in [-0.05, 0) is 48.2 Å². The monoisotopic (exact) mass is 375 g/mol. The van der Waals surface area contributed by atoms with Crippen molar-refractivity contribution in [1.29, 1.82) is 0 Å². The van der Waals surface area contributed by atoms with E-state index in [2.05, 4.69) is 0 Å². The van der Waals surface area contributed by atoms with E-state index in [9.17, 15) is 18.8 Å². The zero-order valence-electron chi connectivity index (χ0n) is 12.7. The highest BCUT2D eigenvalue weighted by Gasteiger charge is 2.36. The van der Waals surface area contributed by atoms with Gasteiger partial charge in [0.2, 0.25) is 0 Å². The van der Waals surface area contributed by atoms with Crippen LogP contribution in [0.15, 0.2) is 53.4 Å². The van der Waals surface area contributed by atoms with Gasteiger partial charge in [-0.15, -0.1) is 0 Å². The molecule has 0 atom stereocenters. The second-order valence-electron chi connectivity index (χ2n) is 5.22. The van der Waals surface area contributed by atoms with Crippen LogP contribution in [0.5, 0.6) is 0 Å². The number of imide groups is 1. The van der Waals surface area contributed by atoms with Gasteiger partial charge >= 0.3 is 0 Å². The van der Waals surface area contributed by atoms with Crippen molar-refractivity contribution >= 4 is 46.4 Å². The molecule has 0 saturated carbocycles. The first-order valence-electron chi connectivity index (χ1n) is 7.24.